The molecule has 19 heavy (non-hydrogen) atoms. The largest absolute Gasteiger partial charge is 0.395 e. The lowest BCUT2D eigenvalue weighted by Crippen LogP contribution is -2.42. The molecule has 1 rings (SSSR count). The van der Waals surface area contributed by atoms with E-state index in [1.165, 1.54) is 0 Å². The van der Waals surface area contributed by atoms with E-state index in [9.17, 15) is 4.79 Å². The first kappa shape index (κ1) is 15.7. The summed E-state index contributed by atoms with van der Waals surface area (Å²) in [7, 11) is 0. The summed E-state index contributed by atoms with van der Waals surface area (Å²) in [4.78, 5) is 18.1. The summed E-state index contributed by atoms with van der Waals surface area (Å²) in [6, 6.07) is 3.16. The predicted octanol–water partition coefficient (Wildman–Crippen LogP) is 1.94. The summed E-state index contributed by atoms with van der Waals surface area (Å²) in [6.45, 7) is 4.17. The summed E-state index contributed by atoms with van der Waals surface area (Å²) in [5, 5.41) is 9.40. The fourth-order valence-corrected chi connectivity index (χ4v) is 2.22. The van der Waals surface area contributed by atoms with Gasteiger partial charge in [-0.2, -0.15) is 0 Å². The van der Waals surface area contributed by atoms with E-state index < -0.39 is 0 Å². The zero-order chi connectivity index (χ0) is 14.4. The van der Waals surface area contributed by atoms with Crippen molar-refractivity contribution in [2.75, 3.05) is 18.9 Å². The smallest absolute Gasteiger partial charge is 0.274 e. The van der Waals surface area contributed by atoms with Crippen LogP contribution < -0.4 is 5.73 Å². The molecule has 0 saturated carbocycles. The Bertz CT molecular complexity index is 436. The van der Waals surface area contributed by atoms with Crippen LogP contribution in [0.2, 0.25) is 5.02 Å². The highest BCUT2D eigenvalue weighted by Crippen LogP contribution is 2.19. The average molecular weight is 286 g/mol. The van der Waals surface area contributed by atoms with Gasteiger partial charge in [-0.05, 0) is 25.0 Å². The van der Waals surface area contributed by atoms with Crippen molar-refractivity contribution >= 4 is 23.3 Å². The number of nitrogens with two attached hydrogens (primary N) is 1. The molecule has 0 unspecified atom stereocenters. The average Bonchev–Trinajstić information content (AvgIpc) is 2.41. The lowest BCUT2D eigenvalue weighted by Gasteiger charge is -2.30. The Morgan fingerprint density at radius 3 is 2.63 bits per heavy atom. The van der Waals surface area contributed by atoms with Gasteiger partial charge in [0.05, 0.1) is 11.6 Å². The van der Waals surface area contributed by atoms with Crippen molar-refractivity contribution in [3.8, 4) is 0 Å². The Morgan fingerprint density at radius 2 is 2.11 bits per heavy atom. The van der Waals surface area contributed by atoms with E-state index >= 15 is 0 Å². The third-order valence-corrected chi connectivity index (χ3v) is 3.36. The Balaban J connectivity index is 3.08. The summed E-state index contributed by atoms with van der Waals surface area (Å²) in [5.74, 6) is -0.0405. The number of hydrogen-bond acceptors (Lipinski definition) is 4. The van der Waals surface area contributed by atoms with Crippen molar-refractivity contribution in [3.63, 3.8) is 0 Å². The van der Waals surface area contributed by atoms with Gasteiger partial charge >= 0.3 is 0 Å². The number of anilines is 1. The first-order valence-electron chi connectivity index (χ1n) is 6.38. The van der Waals surface area contributed by atoms with E-state index in [-0.39, 0.29) is 41.6 Å². The van der Waals surface area contributed by atoms with Crippen LogP contribution in [0.5, 0.6) is 0 Å². The maximum atomic E-state index is 12.5. The summed E-state index contributed by atoms with van der Waals surface area (Å²) in [6.07, 6.45) is 1.62. The minimum absolute atomic E-state index is 0.0546. The molecule has 0 spiro atoms. The molecule has 3 N–H and O–H groups in total. The maximum absolute atomic E-state index is 12.5. The molecule has 6 heteroatoms. The Morgan fingerprint density at radius 1 is 1.47 bits per heavy atom. The lowest BCUT2D eigenvalue weighted by molar-refractivity contribution is 0.0616. The van der Waals surface area contributed by atoms with Gasteiger partial charge in [-0.15, -0.1) is 0 Å². The van der Waals surface area contributed by atoms with Crippen molar-refractivity contribution in [1.82, 2.24) is 9.88 Å². The molecule has 1 amide bonds. The van der Waals surface area contributed by atoms with Gasteiger partial charge in [0.15, 0.2) is 0 Å². The lowest BCUT2D eigenvalue weighted by atomic mass is 10.1. The van der Waals surface area contributed by atoms with E-state index in [1.807, 2.05) is 13.8 Å². The summed E-state index contributed by atoms with van der Waals surface area (Å²) in [5.41, 5.74) is 5.73. The second-order valence-electron chi connectivity index (χ2n) is 4.26. The number of aliphatic hydroxyl groups excluding tert-OH is 1. The first-order valence-corrected chi connectivity index (χ1v) is 6.76. The van der Waals surface area contributed by atoms with Crippen LogP contribution in [0.15, 0.2) is 12.1 Å². The molecular formula is C13H20ClN3O2. The van der Waals surface area contributed by atoms with Crippen molar-refractivity contribution in [2.24, 2.45) is 0 Å². The fraction of sp³-hybridized carbons (Fsp3) is 0.538. The molecular weight excluding hydrogens is 266 g/mol. The number of pyridine rings is 1. The van der Waals surface area contributed by atoms with Crippen LogP contribution in [0.1, 0.15) is 37.2 Å². The van der Waals surface area contributed by atoms with Crippen LogP contribution in [0.4, 0.5) is 5.82 Å². The zero-order valence-corrected chi connectivity index (χ0v) is 12.0. The number of halogens is 1. The zero-order valence-electron chi connectivity index (χ0n) is 11.3. The van der Waals surface area contributed by atoms with Crippen LogP contribution in [0.3, 0.4) is 0 Å². The molecule has 1 heterocycles. The van der Waals surface area contributed by atoms with Crippen LogP contribution in [0, 0.1) is 0 Å². The second kappa shape index (κ2) is 7.31. The molecule has 0 aliphatic rings. The number of amides is 1. The van der Waals surface area contributed by atoms with Gasteiger partial charge in [0.25, 0.3) is 5.91 Å². The molecule has 0 bridgehead atoms. The quantitative estimate of drug-likeness (QED) is 0.837. The molecule has 1 aromatic rings. The Kier molecular flexibility index (Phi) is 6.05. The normalized spacial score (nSPS) is 10.8. The van der Waals surface area contributed by atoms with Gasteiger partial charge < -0.3 is 15.7 Å². The van der Waals surface area contributed by atoms with Crippen molar-refractivity contribution in [1.29, 1.82) is 0 Å². The number of nitrogen functional groups attached to an aromatic ring is 1. The Hall–Kier alpha value is -1.33. The van der Waals surface area contributed by atoms with Crippen molar-refractivity contribution in [2.45, 2.75) is 32.7 Å². The second-order valence-corrected chi connectivity index (χ2v) is 4.67. The molecule has 0 fully saturated rings. The number of aliphatic hydroxyl groups is 1. The monoisotopic (exact) mass is 285 g/mol. The molecule has 0 aromatic carbocycles. The maximum Gasteiger partial charge on any atom is 0.274 e. The van der Waals surface area contributed by atoms with Crippen LogP contribution in [-0.2, 0) is 0 Å². The SMILES string of the molecule is CCC(CC)N(CCO)C(=O)c1nc(N)ccc1Cl. The van der Waals surface area contributed by atoms with Gasteiger partial charge in [0.1, 0.15) is 11.5 Å². The highest BCUT2D eigenvalue weighted by molar-refractivity contribution is 6.33. The third kappa shape index (κ3) is 3.81. The van der Waals surface area contributed by atoms with E-state index in [1.54, 1.807) is 17.0 Å². The van der Waals surface area contributed by atoms with Crippen molar-refractivity contribution < 1.29 is 9.90 Å². The van der Waals surface area contributed by atoms with E-state index in [2.05, 4.69) is 4.98 Å². The number of nitrogens with zero attached hydrogens (tertiary/aromatic N) is 2. The standard InChI is InChI=1S/C13H20ClN3O2/c1-3-9(4-2)17(7-8-18)13(19)12-10(14)5-6-11(15)16-12/h5-6,9,18H,3-4,7-8H2,1-2H3,(H2,15,16). The summed E-state index contributed by atoms with van der Waals surface area (Å²) < 4.78 is 0. The Labute approximate surface area is 118 Å². The summed E-state index contributed by atoms with van der Waals surface area (Å²) >= 11 is 6.00. The first-order chi connectivity index (χ1) is 9.04. The van der Waals surface area contributed by atoms with Gasteiger partial charge in [-0.3, -0.25) is 4.79 Å². The highest BCUT2D eigenvalue weighted by Gasteiger charge is 2.24. The third-order valence-electron chi connectivity index (χ3n) is 3.06. The van der Waals surface area contributed by atoms with Gasteiger partial charge in [0.2, 0.25) is 0 Å². The highest BCUT2D eigenvalue weighted by atomic mass is 35.5. The van der Waals surface area contributed by atoms with E-state index in [0.29, 0.717) is 0 Å². The molecule has 1 aromatic heterocycles. The molecule has 0 aliphatic heterocycles. The van der Waals surface area contributed by atoms with Gasteiger partial charge in [0, 0.05) is 12.6 Å². The predicted molar refractivity (Wildman–Crippen MR) is 76.2 cm³/mol. The molecule has 0 saturated heterocycles. The van der Waals surface area contributed by atoms with Crippen molar-refractivity contribution in [3.05, 3.63) is 22.8 Å². The van der Waals surface area contributed by atoms with Crippen LogP contribution in [0.25, 0.3) is 0 Å². The number of carbonyl (C=O) groups is 1. The van der Waals surface area contributed by atoms with Crippen LogP contribution in [-0.4, -0.2) is 40.1 Å². The van der Waals surface area contributed by atoms with Crippen LogP contribution >= 0.6 is 11.6 Å². The topological polar surface area (TPSA) is 79.5 Å². The molecule has 106 valence electrons. The number of rotatable bonds is 6. The minimum Gasteiger partial charge on any atom is -0.395 e. The molecule has 0 aliphatic carbocycles. The van der Waals surface area contributed by atoms with E-state index in [4.69, 9.17) is 22.4 Å². The van der Waals surface area contributed by atoms with E-state index in [0.717, 1.165) is 12.8 Å². The number of hydrogen-bond donors (Lipinski definition) is 2. The molecule has 0 atom stereocenters. The molecule has 5 nitrogen and oxygen atoms in total. The van der Waals surface area contributed by atoms with Gasteiger partial charge in [-0.1, -0.05) is 25.4 Å². The number of aromatic nitrogens is 1. The molecule has 0 radical (unpaired) electrons. The minimum atomic E-state index is -0.292. The van der Waals surface area contributed by atoms with Gasteiger partial charge in [-0.25, -0.2) is 4.98 Å². The fourth-order valence-electron chi connectivity index (χ4n) is 2.03. The number of carbonyl (C=O) groups excluding carboxylic acids is 1.